The number of carbonyl (C=O) groups excluding carboxylic acids is 1. The van der Waals surface area contributed by atoms with Gasteiger partial charge in [-0.3, -0.25) is 14.9 Å². The fourth-order valence-corrected chi connectivity index (χ4v) is 6.32. The Bertz CT molecular complexity index is 778. The molecular formula is C19H22ClN3O3S. The maximum atomic E-state index is 12.6. The highest BCUT2D eigenvalue weighted by molar-refractivity contribution is 7.80. The van der Waals surface area contributed by atoms with E-state index in [1.54, 1.807) is 0 Å². The number of hydrogen-bond acceptors (Lipinski definition) is 4. The summed E-state index contributed by atoms with van der Waals surface area (Å²) in [7, 11) is 0. The molecule has 0 aliphatic heterocycles. The molecule has 4 aliphatic carbocycles. The summed E-state index contributed by atoms with van der Waals surface area (Å²) < 4.78 is 0. The predicted molar refractivity (Wildman–Crippen MR) is 108 cm³/mol. The van der Waals surface area contributed by atoms with Crippen LogP contribution in [0.25, 0.3) is 0 Å². The molecule has 0 aromatic heterocycles. The second-order valence-electron chi connectivity index (χ2n) is 8.52. The van der Waals surface area contributed by atoms with Crippen LogP contribution in [-0.2, 0) is 4.79 Å². The zero-order valence-corrected chi connectivity index (χ0v) is 16.4. The molecule has 1 aromatic rings. The van der Waals surface area contributed by atoms with Gasteiger partial charge in [-0.05, 0) is 86.0 Å². The average molecular weight is 408 g/mol. The van der Waals surface area contributed by atoms with Crippen molar-refractivity contribution in [1.29, 1.82) is 0 Å². The first-order valence-electron chi connectivity index (χ1n) is 9.37. The van der Waals surface area contributed by atoms with Gasteiger partial charge in [0.15, 0.2) is 5.11 Å². The Balaban J connectivity index is 1.38. The molecule has 5 rings (SSSR count). The maximum Gasteiger partial charge on any atom is 0.294 e. The van der Waals surface area contributed by atoms with Crippen molar-refractivity contribution in [1.82, 2.24) is 5.32 Å². The monoisotopic (exact) mass is 407 g/mol. The largest absolute Gasteiger partial charge is 0.327 e. The lowest BCUT2D eigenvalue weighted by atomic mass is 9.49. The summed E-state index contributed by atoms with van der Waals surface area (Å²) in [6, 6.07) is 4.28. The first-order valence-corrected chi connectivity index (χ1v) is 10.2. The molecule has 27 heavy (non-hydrogen) atoms. The fraction of sp³-hybridized carbons (Fsp3) is 0.579. The van der Waals surface area contributed by atoms with Gasteiger partial charge in [0, 0.05) is 17.5 Å². The topological polar surface area (TPSA) is 84.3 Å². The molecule has 4 fully saturated rings. The molecular weight excluding hydrogens is 386 g/mol. The van der Waals surface area contributed by atoms with Gasteiger partial charge in [-0.1, -0.05) is 11.6 Å². The Labute approximate surface area is 168 Å². The van der Waals surface area contributed by atoms with Crippen LogP contribution in [0.2, 0.25) is 5.02 Å². The highest BCUT2D eigenvalue weighted by Gasteiger charge is 2.51. The van der Waals surface area contributed by atoms with Gasteiger partial charge < -0.3 is 10.6 Å². The number of rotatable bonds is 4. The predicted octanol–water partition coefficient (Wildman–Crippen LogP) is 4.67. The minimum absolute atomic E-state index is 0.0788. The number of halogens is 1. The third-order valence-electron chi connectivity index (χ3n) is 6.36. The van der Waals surface area contributed by atoms with Gasteiger partial charge in [0.1, 0.15) is 5.69 Å². The van der Waals surface area contributed by atoms with Crippen LogP contribution in [0.3, 0.4) is 0 Å². The van der Waals surface area contributed by atoms with E-state index in [4.69, 9.17) is 23.8 Å². The van der Waals surface area contributed by atoms with Crippen LogP contribution in [0.5, 0.6) is 0 Å². The van der Waals surface area contributed by atoms with Crippen molar-refractivity contribution in [2.24, 2.45) is 23.2 Å². The average Bonchev–Trinajstić information content (AvgIpc) is 2.54. The van der Waals surface area contributed by atoms with E-state index in [9.17, 15) is 14.9 Å². The van der Waals surface area contributed by atoms with E-state index in [2.05, 4.69) is 10.6 Å². The molecule has 1 aromatic carbocycles. The van der Waals surface area contributed by atoms with E-state index in [1.807, 2.05) is 0 Å². The summed E-state index contributed by atoms with van der Waals surface area (Å²) in [5, 5.41) is 17.0. The zero-order chi connectivity index (χ0) is 19.2. The Morgan fingerprint density at radius 1 is 1.22 bits per heavy atom. The lowest BCUT2D eigenvalue weighted by Gasteiger charge is -2.56. The molecule has 8 heteroatoms. The quantitative estimate of drug-likeness (QED) is 0.430. The second-order valence-corrected chi connectivity index (χ2v) is 9.36. The standard InChI is InChI=1S/C19H22ClN3O3S/c20-14-1-2-15(16(6-14)23(25)26)21-18(27)22-17(24)10-19-7-11-3-12(8-19)5-13(4-11)9-19/h1-2,6,11-13H,3-5,7-10H2,(H2,21,22,24,27). The van der Waals surface area contributed by atoms with Gasteiger partial charge in [0.2, 0.25) is 5.91 Å². The third kappa shape index (κ3) is 3.94. The SMILES string of the molecule is O=C(CC12CC3CC(CC(C3)C1)C2)NC(=S)Nc1ccc(Cl)cc1[N+](=O)[O-]. The number of nitro benzene ring substituents is 1. The number of hydrogen-bond donors (Lipinski definition) is 2. The van der Waals surface area contributed by atoms with Gasteiger partial charge in [-0.2, -0.15) is 0 Å². The number of thiocarbonyl (C=S) groups is 1. The second kappa shape index (κ2) is 7.02. The van der Waals surface area contributed by atoms with Crippen molar-refractivity contribution in [2.75, 3.05) is 5.32 Å². The Morgan fingerprint density at radius 2 is 1.81 bits per heavy atom. The molecule has 2 N–H and O–H groups in total. The zero-order valence-electron chi connectivity index (χ0n) is 14.9. The molecule has 4 saturated carbocycles. The van der Waals surface area contributed by atoms with Crippen LogP contribution in [0.4, 0.5) is 11.4 Å². The van der Waals surface area contributed by atoms with Crippen molar-refractivity contribution in [3.8, 4) is 0 Å². The summed E-state index contributed by atoms with van der Waals surface area (Å²) in [5.74, 6) is 2.24. The Hall–Kier alpha value is -1.73. The van der Waals surface area contributed by atoms with Crippen molar-refractivity contribution < 1.29 is 9.72 Å². The van der Waals surface area contributed by atoms with E-state index in [-0.39, 0.29) is 32.8 Å². The summed E-state index contributed by atoms with van der Waals surface area (Å²) in [4.78, 5) is 23.2. The van der Waals surface area contributed by atoms with Gasteiger partial charge in [-0.15, -0.1) is 0 Å². The number of benzene rings is 1. The van der Waals surface area contributed by atoms with Crippen molar-refractivity contribution >= 4 is 46.2 Å². The summed E-state index contributed by atoms with van der Waals surface area (Å²) in [6.07, 6.45) is 7.93. The first kappa shape index (κ1) is 18.6. The Morgan fingerprint density at radius 3 is 2.37 bits per heavy atom. The van der Waals surface area contributed by atoms with Gasteiger partial charge in [0.05, 0.1) is 4.92 Å². The first-order chi connectivity index (χ1) is 12.8. The van der Waals surface area contributed by atoms with Crippen LogP contribution in [-0.4, -0.2) is 15.9 Å². The number of nitrogens with one attached hydrogen (secondary N) is 2. The van der Waals surface area contributed by atoms with Gasteiger partial charge in [-0.25, -0.2) is 0 Å². The van der Waals surface area contributed by atoms with E-state index >= 15 is 0 Å². The van der Waals surface area contributed by atoms with Gasteiger partial charge >= 0.3 is 0 Å². The summed E-state index contributed by atoms with van der Waals surface area (Å²) in [6.45, 7) is 0. The van der Waals surface area contributed by atoms with E-state index in [0.29, 0.717) is 6.42 Å². The highest BCUT2D eigenvalue weighted by Crippen LogP contribution is 2.61. The molecule has 6 nitrogen and oxygen atoms in total. The smallest absolute Gasteiger partial charge is 0.294 e. The molecule has 1 amide bonds. The summed E-state index contributed by atoms with van der Waals surface area (Å²) >= 11 is 11.0. The molecule has 144 valence electrons. The minimum Gasteiger partial charge on any atom is -0.327 e. The molecule has 0 radical (unpaired) electrons. The fourth-order valence-electron chi connectivity index (χ4n) is 5.93. The number of anilines is 1. The normalized spacial score (nSPS) is 30.8. The maximum absolute atomic E-state index is 12.6. The molecule has 0 spiro atoms. The van der Waals surface area contributed by atoms with Crippen LogP contribution < -0.4 is 10.6 Å². The number of nitro groups is 1. The molecule has 4 bridgehead atoms. The van der Waals surface area contributed by atoms with E-state index in [0.717, 1.165) is 37.0 Å². The number of nitrogens with zero attached hydrogens (tertiary/aromatic N) is 1. The van der Waals surface area contributed by atoms with Crippen LogP contribution in [0, 0.1) is 33.3 Å². The molecule has 0 saturated heterocycles. The molecule has 0 unspecified atom stereocenters. The van der Waals surface area contributed by atoms with Gasteiger partial charge in [0.25, 0.3) is 5.69 Å². The van der Waals surface area contributed by atoms with Crippen molar-refractivity contribution in [2.45, 2.75) is 44.9 Å². The highest BCUT2D eigenvalue weighted by atomic mass is 35.5. The summed E-state index contributed by atoms with van der Waals surface area (Å²) in [5.41, 5.74) is 0.158. The van der Waals surface area contributed by atoms with Crippen molar-refractivity contribution in [3.63, 3.8) is 0 Å². The third-order valence-corrected chi connectivity index (χ3v) is 6.80. The molecule has 0 atom stereocenters. The van der Waals surface area contributed by atoms with Crippen molar-refractivity contribution in [3.05, 3.63) is 33.3 Å². The van der Waals surface area contributed by atoms with E-state index < -0.39 is 4.92 Å². The molecule has 4 aliphatic rings. The minimum atomic E-state index is -0.534. The van der Waals surface area contributed by atoms with E-state index in [1.165, 1.54) is 37.5 Å². The van der Waals surface area contributed by atoms with Crippen LogP contribution >= 0.6 is 23.8 Å². The van der Waals surface area contributed by atoms with Crippen LogP contribution in [0.15, 0.2) is 18.2 Å². The number of amides is 1. The Kier molecular flexibility index (Phi) is 4.84. The number of carbonyl (C=O) groups is 1. The lowest BCUT2D eigenvalue weighted by Crippen LogP contribution is -2.48. The molecule has 0 heterocycles. The van der Waals surface area contributed by atoms with Crippen LogP contribution in [0.1, 0.15) is 44.9 Å². The lowest BCUT2D eigenvalue weighted by molar-refractivity contribution is -0.383.